The maximum Gasteiger partial charge on any atom is 0.127 e. The second-order valence-electron chi connectivity index (χ2n) is 4.13. The lowest BCUT2D eigenvalue weighted by Crippen LogP contribution is -2.40. The lowest BCUT2D eigenvalue weighted by Gasteiger charge is -2.35. The van der Waals surface area contributed by atoms with Gasteiger partial charge in [0.2, 0.25) is 0 Å². The van der Waals surface area contributed by atoms with Gasteiger partial charge in [-0.15, -0.1) is 0 Å². The fourth-order valence-corrected chi connectivity index (χ4v) is 1.91. The molecule has 88 valence electrons. The Hall–Kier alpha value is -1.29. The molecule has 1 aliphatic rings. The van der Waals surface area contributed by atoms with Crippen molar-refractivity contribution in [1.29, 1.82) is 0 Å². The number of nitrogens with one attached hydrogen (secondary N) is 2. The van der Waals surface area contributed by atoms with Crippen LogP contribution in [-0.2, 0) is 4.74 Å². The van der Waals surface area contributed by atoms with Gasteiger partial charge in [-0.3, -0.25) is 0 Å². The first kappa shape index (κ1) is 11.2. The Morgan fingerprint density at radius 3 is 3.00 bits per heavy atom. The minimum absolute atomic E-state index is 0.438. The normalized spacial score (nSPS) is 23.6. The van der Waals surface area contributed by atoms with Crippen LogP contribution in [0.3, 0.4) is 0 Å². The van der Waals surface area contributed by atoms with E-state index in [9.17, 15) is 0 Å². The molecule has 2 N–H and O–H groups in total. The number of rotatable bonds is 5. The lowest BCUT2D eigenvalue weighted by atomic mass is 9.89. The average Bonchev–Trinajstić information content (AvgIpc) is 2.24. The second kappa shape index (κ2) is 5.16. The highest BCUT2D eigenvalue weighted by Gasteiger charge is 2.28. The molecule has 0 aliphatic heterocycles. The van der Waals surface area contributed by atoms with Gasteiger partial charge in [-0.25, -0.2) is 4.98 Å². The van der Waals surface area contributed by atoms with Crippen LogP contribution in [0.25, 0.3) is 0 Å². The van der Waals surface area contributed by atoms with Crippen molar-refractivity contribution in [3.05, 3.63) is 18.3 Å². The molecule has 0 radical (unpaired) electrons. The van der Waals surface area contributed by atoms with Crippen molar-refractivity contribution in [2.45, 2.75) is 31.9 Å². The third-order valence-electron chi connectivity index (χ3n) is 2.92. The molecule has 0 unspecified atom stereocenters. The highest BCUT2D eigenvalue weighted by molar-refractivity contribution is 5.52. The summed E-state index contributed by atoms with van der Waals surface area (Å²) in [4.78, 5) is 4.24. The molecule has 4 heteroatoms. The molecule has 0 aromatic carbocycles. The Morgan fingerprint density at radius 2 is 2.31 bits per heavy atom. The first-order valence-electron chi connectivity index (χ1n) is 5.81. The third-order valence-corrected chi connectivity index (χ3v) is 2.92. The highest BCUT2D eigenvalue weighted by Crippen LogP contribution is 2.26. The molecule has 1 fully saturated rings. The molecule has 0 saturated heterocycles. The smallest absolute Gasteiger partial charge is 0.127 e. The van der Waals surface area contributed by atoms with E-state index in [0.717, 1.165) is 30.9 Å². The topological polar surface area (TPSA) is 46.2 Å². The van der Waals surface area contributed by atoms with Gasteiger partial charge in [0.15, 0.2) is 0 Å². The number of anilines is 2. The molecule has 4 nitrogen and oxygen atoms in total. The van der Waals surface area contributed by atoms with E-state index in [-0.39, 0.29) is 0 Å². The maximum atomic E-state index is 5.25. The van der Waals surface area contributed by atoms with Crippen molar-refractivity contribution in [1.82, 2.24) is 4.98 Å². The number of nitrogens with zero attached hydrogens (tertiary/aromatic N) is 1. The summed E-state index contributed by atoms with van der Waals surface area (Å²) in [7, 11) is 1.77. The van der Waals surface area contributed by atoms with E-state index in [4.69, 9.17) is 4.74 Å². The van der Waals surface area contributed by atoms with Crippen molar-refractivity contribution >= 4 is 11.5 Å². The van der Waals surface area contributed by atoms with Crippen molar-refractivity contribution < 1.29 is 4.74 Å². The van der Waals surface area contributed by atoms with Gasteiger partial charge in [0.25, 0.3) is 0 Å². The molecule has 0 bridgehead atoms. The molecule has 2 rings (SSSR count). The summed E-state index contributed by atoms with van der Waals surface area (Å²) in [5.74, 6) is 0.926. The Labute approximate surface area is 96.4 Å². The van der Waals surface area contributed by atoms with Gasteiger partial charge >= 0.3 is 0 Å². The zero-order chi connectivity index (χ0) is 11.4. The minimum Gasteiger partial charge on any atom is -0.382 e. The predicted molar refractivity (Wildman–Crippen MR) is 65.8 cm³/mol. The lowest BCUT2D eigenvalue weighted by molar-refractivity contribution is 0.0329. The minimum atomic E-state index is 0.438. The Balaban J connectivity index is 1.87. The summed E-state index contributed by atoms with van der Waals surface area (Å²) >= 11 is 0. The second-order valence-corrected chi connectivity index (χ2v) is 4.13. The Kier molecular flexibility index (Phi) is 3.62. The fourth-order valence-electron chi connectivity index (χ4n) is 1.91. The van der Waals surface area contributed by atoms with Gasteiger partial charge in [0.05, 0.1) is 6.10 Å². The number of hydrogen-bond donors (Lipinski definition) is 2. The van der Waals surface area contributed by atoms with E-state index in [1.54, 1.807) is 7.11 Å². The van der Waals surface area contributed by atoms with E-state index in [1.807, 2.05) is 18.3 Å². The molecule has 0 spiro atoms. The van der Waals surface area contributed by atoms with Gasteiger partial charge in [-0.1, -0.05) is 0 Å². The van der Waals surface area contributed by atoms with Gasteiger partial charge in [-0.05, 0) is 25.8 Å². The zero-order valence-corrected chi connectivity index (χ0v) is 9.86. The summed E-state index contributed by atoms with van der Waals surface area (Å²) in [6.45, 7) is 2.96. The van der Waals surface area contributed by atoms with Crippen LogP contribution in [0.4, 0.5) is 11.5 Å². The first-order valence-corrected chi connectivity index (χ1v) is 5.81. The molecular weight excluding hydrogens is 202 g/mol. The maximum absolute atomic E-state index is 5.25. The summed E-state index contributed by atoms with van der Waals surface area (Å²) in [5, 5.41) is 6.68. The molecular formula is C12H19N3O. The predicted octanol–water partition coefficient (Wildman–Crippen LogP) is 2.10. The Morgan fingerprint density at radius 1 is 1.50 bits per heavy atom. The quantitative estimate of drug-likeness (QED) is 0.799. The fraction of sp³-hybridized carbons (Fsp3) is 0.583. The molecule has 0 atom stereocenters. The number of hydrogen-bond acceptors (Lipinski definition) is 4. The molecule has 16 heavy (non-hydrogen) atoms. The van der Waals surface area contributed by atoms with Crippen molar-refractivity contribution in [3.63, 3.8) is 0 Å². The average molecular weight is 221 g/mol. The largest absolute Gasteiger partial charge is 0.382 e. The van der Waals surface area contributed by atoms with Crippen LogP contribution < -0.4 is 10.6 Å². The number of pyridine rings is 1. The molecule has 0 amide bonds. The first-order chi connectivity index (χ1) is 7.81. The summed E-state index contributed by atoms with van der Waals surface area (Å²) in [5.41, 5.74) is 1.13. The van der Waals surface area contributed by atoms with Crippen LogP contribution in [0.2, 0.25) is 0 Å². The van der Waals surface area contributed by atoms with Crippen LogP contribution in [0.1, 0.15) is 19.8 Å². The summed E-state index contributed by atoms with van der Waals surface area (Å²) in [6, 6.07) is 4.59. The van der Waals surface area contributed by atoms with Gasteiger partial charge in [-0.2, -0.15) is 0 Å². The van der Waals surface area contributed by atoms with E-state index < -0.39 is 0 Å². The van der Waals surface area contributed by atoms with E-state index in [0.29, 0.717) is 12.1 Å². The zero-order valence-electron chi connectivity index (χ0n) is 9.86. The third kappa shape index (κ3) is 2.64. The molecule has 1 aromatic rings. The van der Waals surface area contributed by atoms with Crippen LogP contribution in [-0.4, -0.2) is 30.8 Å². The highest BCUT2D eigenvalue weighted by atomic mass is 16.5. The SMILES string of the molecule is CCNc1cc(NC2CC(OC)C2)ccn1. The summed E-state index contributed by atoms with van der Waals surface area (Å²) < 4.78 is 5.25. The van der Waals surface area contributed by atoms with Crippen molar-refractivity contribution in [2.24, 2.45) is 0 Å². The van der Waals surface area contributed by atoms with Crippen LogP contribution >= 0.6 is 0 Å². The monoisotopic (exact) mass is 221 g/mol. The van der Waals surface area contributed by atoms with Gasteiger partial charge in [0.1, 0.15) is 5.82 Å². The van der Waals surface area contributed by atoms with Gasteiger partial charge in [0, 0.05) is 37.6 Å². The van der Waals surface area contributed by atoms with E-state index >= 15 is 0 Å². The molecule has 1 aliphatic carbocycles. The van der Waals surface area contributed by atoms with Gasteiger partial charge < -0.3 is 15.4 Å². The van der Waals surface area contributed by atoms with Crippen LogP contribution in [0.15, 0.2) is 18.3 Å². The number of ether oxygens (including phenoxy) is 1. The number of methoxy groups -OCH3 is 1. The van der Waals surface area contributed by atoms with Crippen LogP contribution in [0, 0.1) is 0 Å². The molecule has 1 saturated carbocycles. The number of aromatic nitrogens is 1. The van der Waals surface area contributed by atoms with Crippen LogP contribution in [0.5, 0.6) is 0 Å². The van der Waals surface area contributed by atoms with E-state index in [1.165, 1.54) is 0 Å². The Bertz CT molecular complexity index is 337. The van der Waals surface area contributed by atoms with Crippen molar-refractivity contribution in [3.8, 4) is 0 Å². The summed E-state index contributed by atoms with van der Waals surface area (Å²) in [6.07, 6.45) is 4.45. The van der Waals surface area contributed by atoms with E-state index in [2.05, 4.69) is 22.5 Å². The van der Waals surface area contributed by atoms with Crippen molar-refractivity contribution in [2.75, 3.05) is 24.3 Å². The molecule has 1 heterocycles. The molecule has 1 aromatic heterocycles. The standard InChI is InChI=1S/C12H19N3O/c1-3-13-12-8-9(4-5-14-12)15-10-6-11(7-10)16-2/h4-5,8,10-11H,3,6-7H2,1-2H3,(H2,13,14,15).